The van der Waals surface area contributed by atoms with Gasteiger partial charge < -0.3 is 5.73 Å². The second-order valence-electron chi connectivity index (χ2n) is 4.43. The van der Waals surface area contributed by atoms with Gasteiger partial charge in [0.25, 0.3) is 0 Å². The average Bonchev–Trinajstić information content (AvgIpc) is 3.14. The van der Waals surface area contributed by atoms with Crippen molar-refractivity contribution in [2.75, 3.05) is 12.3 Å². The molecule has 3 nitrogen and oxygen atoms in total. The first-order chi connectivity index (χ1) is 8.22. The van der Waals surface area contributed by atoms with Crippen molar-refractivity contribution in [3.63, 3.8) is 0 Å². The predicted octanol–water partition coefficient (Wildman–Crippen LogP) is 2.29. The number of hydrogen-bond donors (Lipinski definition) is 1. The highest BCUT2D eigenvalue weighted by molar-refractivity contribution is 5.42. The summed E-state index contributed by atoms with van der Waals surface area (Å²) in [5.41, 5.74) is 6.36. The number of rotatable bonds is 5. The minimum atomic E-state index is -0.324. The van der Waals surface area contributed by atoms with Crippen molar-refractivity contribution in [3.8, 4) is 6.07 Å². The molecule has 0 aromatic heterocycles. The maximum Gasteiger partial charge on any atom is 0.150 e. The zero-order valence-electron chi connectivity index (χ0n) is 9.69. The lowest BCUT2D eigenvalue weighted by atomic mass is 10.1. The summed E-state index contributed by atoms with van der Waals surface area (Å²) < 4.78 is 13.8. The Hall–Kier alpha value is -1.60. The van der Waals surface area contributed by atoms with Gasteiger partial charge in [-0.25, -0.2) is 4.39 Å². The Bertz CT molecular complexity index is 435. The number of nitrogens with zero attached hydrogens (tertiary/aromatic N) is 2. The Morgan fingerprint density at radius 3 is 2.88 bits per heavy atom. The highest BCUT2D eigenvalue weighted by Gasteiger charge is 2.29. The Labute approximate surface area is 101 Å². The molecule has 1 aromatic carbocycles. The van der Waals surface area contributed by atoms with Crippen LogP contribution in [0.15, 0.2) is 18.2 Å². The van der Waals surface area contributed by atoms with Crippen LogP contribution < -0.4 is 5.73 Å². The van der Waals surface area contributed by atoms with Crippen LogP contribution in [0.5, 0.6) is 0 Å². The highest BCUT2D eigenvalue weighted by Crippen LogP contribution is 2.29. The van der Waals surface area contributed by atoms with Crippen molar-refractivity contribution >= 4 is 5.69 Å². The Morgan fingerprint density at radius 1 is 1.47 bits per heavy atom. The van der Waals surface area contributed by atoms with E-state index >= 15 is 0 Å². The number of nitrogens with two attached hydrogens (primary N) is 1. The van der Waals surface area contributed by atoms with E-state index in [2.05, 4.69) is 11.0 Å². The van der Waals surface area contributed by atoms with Crippen LogP contribution >= 0.6 is 0 Å². The first-order valence-corrected chi connectivity index (χ1v) is 5.86. The largest absolute Gasteiger partial charge is 0.396 e. The summed E-state index contributed by atoms with van der Waals surface area (Å²) >= 11 is 0. The van der Waals surface area contributed by atoms with Gasteiger partial charge in [0.15, 0.2) is 5.82 Å². The third kappa shape index (κ3) is 2.95. The van der Waals surface area contributed by atoms with Crippen LogP contribution in [0.1, 0.15) is 24.8 Å². The van der Waals surface area contributed by atoms with E-state index in [1.54, 1.807) is 18.2 Å². The van der Waals surface area contributed by atoms with E-state index in [-0.39, 0.29) is 11.5 Å². The van der Waals surface area contributed by atoms with E-state index in [9.17, 15) is 4.39 Å². The van der Waals surface area contributed by atoms with Crippen LogP contribution in [0.4, 0.5) is 10.1 Å². The number of halogens is 1. The van der Waals surface area contributed by atoms with E-state index in [4.69, 9.17) is 11.0 Å². The molecule has 2 rings (SSSR count). The summed E-state index contributed by atoms with van der Waals surface area (Å²) in [5, 5.41) is 8.61. The maximum atomic E-state index is 13.8. The lowest BCUT2D eigenvalue weighted by Gasteiger charge is -2.21. The molecule has 0 aliphatic heterocycles. The van der Waals surface area contributed by atoms with Crippen molar-refractivity contribution in [1.29, 1.82) is 5.26 Å². The smallest absolute Gasteiger partial charge is 0.150 e. The molecule has 1 aliphatic rings. The zero-order chi connectivity index (χ0) is 12.3. The lowest BCUT2D eigenvalue weighted by molar-refractivity contribution is 0.257. The molecule has 90 valence electrons. The van der Waals surface area contributed by atoms with Crippen molar-refractivity contribution in [3.05, 3.63) is 29.6 Å². The fourth-order valence-electron chi connectivity index (χ4n) is 1.96. The number of benzene rings is 1. The van der Waals surface area contributed by atoms with Gasteiger partial charge in [0.05, 0.1) is 11.8 Å². The minimum Gasteiger partial charge on any atom is -0.396 e. The lowest BCUT2D eigenvalue weighted by Crippen LogP contribution is -2.27. The van der Waals surface area contributed by atoms with E-state index in [1.807, 2.05) is 0 Å². The normalized spacial score (nSPS) is 14.9. The van der Waals surface area contributed by atoms with Crippen molar-refractivity contribution < 1.29 is 4.39 Å². The van der Waals surface area contributed by atoms with Gasteiger partial charge in [-0.05, 0) is 18.9 Å². The SMILES string of the molecule is N#CCCN(Cc1cccc(N)c1F)C1CC1. The number of nitrogen functional groups attached to an aromatic ring is 1. The molecule has 1 fully saturated rings. The van der Waals surface area contributed by atoms with Crippen LogP contribution in [-0.4, -0.2) is 17.5 Å². The standard InChI is InChI=1S/C13H16FN3/c14-13-10(3-1-4-12(13)16)9-17(8-2-7-15)11-5-6-11/h1,3-4,11H,2,5-6,8-9,16H2. The van der Waals surface area contributed by atoms with E-state index < -0.39 is 0 Å². The molecule has 1 saturated carbocycles. The summed E-state index contributed by atoms with van der Waals surface area (Å²) in [5.74, 6) is -0.324. The number of hydrogen-bond acceptors (Lipinski definition) is 3. The first kappa shape index (κ1) is 11.9. The minimum absolute atomic E-state index is 0.193. The predicted molar refractivity (Wildman–Crippen MR) is 64.5 cm³/mol. The summed E-state index contributed by atoms with van der Waals surface area (Å²) in [6.45, 7) is 1.25. The Kier molecular flexibility index (Phi) is 3.60. The molecule has 4 heteroatoms. The molecule has 0 atom stereocenters. The quantitative estimate of drug-likeness (QED) is 0.794. The van der Waals surface area contributed by atoms with Crippen LogP contribution in [0, 0.1) is 17.1 Å². The first-order valence-electron chi connectivity index (χ1n) is 5.86. The van der Waals surface area contributed by atoms with Gasteiger partial charge in [0.2, 0.25) is 0 Å². The monoisotopic (exact) mass is 233 g/mol. The van der Waals surface area contributed by atoms with Crippen molar-refractivity contribution in [1.82, 2.24) is 4.90 Å². The molecule has 17 heavy (non-hydrogen) atoms. The Morgan fingerprint density at radius 2 is 2.24 bits per heavy atom. The number of nitriles is 1. The molecule has 0 heterocycles. The second kappa shape index (κ2) is 5.15. The van der Waals surface area contributed by atoms with Gasteiger partial charge in [-0.2, -0.15) is 5.26 Å². The molecule has 0 bridgehead atoms. The summed E-state index contributed by atoms with van der Waals surface area (Å²) in [6.07, 6.45) is 2.78. The van der Waals surface area contributed by atoms with Gasteiger partial charge in [-0.15, -0.1) is 0 Å². The molecule has 0 saturated heterocycles. The highest BCUT2D eigenvalue weighted by atomic mass is 19.1. The molecule has 0 amide bonds. The maximum absolute atomic E-state index is 13.8. The molecule has 0 radical (unpaired) electrons. The molecule has 2 N–H and O–H groups in total. The van der Waals surface area contributed by atoms with E-state index in [1.165, 1.54) is 0 Å². The third-order valence-corrected chi connectivity index (χ3v) is 3.06. The topological polar surface area (TPSA) is 53.0 Å². The third-order valence-electron chi connectivity index (χ3n) is 3.06. The summed E-state index contributed by atoms with van der Waals surface area (Å²) in [6, 6.07) is 7.74. The zero-order valence-corrected chi connectivity index (χ0v) is 9.69. The molecular formula is C13H16FN3. The van der Waals surface area contributed by atoms with Gasteiger partial charge in [0.1, 0.15) is 0 Å². The van der Waals surface area contributed by atoms with Crippen LogP contribution in [0.3, 0.4) is 0 Å². The van der Waals surface area contributed by atoms with E-state index in [0.717, 1.165) is 12.8 Å². The van der Waals surface area contributed by atoms with Gasteiger partial charge in [-0.3, -0.25) is 4.90 Å². The van der Waals surface area contributed by atoms with Crippen molar-refractivity contribution in [2.45, 2.75) is 31.8 Å². The molecule has 1 aliphatic carbocycles. The molecule has 1 aromatic rings. The fraction of sp³-hybridized carbons (Fsp3) is 0.462. The fourth-order valence-corrected chi connectivity index (χ4v) is 1.96. The van der Waals surface area contributed by atoms with Crippen LogP contribution in [0.25, 0.3) is 0 Å². The van der Waals surface area contributed by atoms with E-state index in [0.29, 0.717) is 31.1 Å². The summed E-state index contributed by atoms with van der Waals surface area (Å²) in [4.78, 5) is 2.17. The van der Waals surface area contributed by atoms with Gasteiger partial charge >= 0.3 is 0 Å². The van der Waals surface area contributed by atoms with Crippen LogP contribution in [0.2, 0.25) is 0 Å². The average molecular weight is 233 g/mol. The summed E-state index contributed by atoms with van der Waals surface area (Å²) in [7, 11) is 0. The molecule has 0 spiro atoms. The molecule has 0 unspecified atom stereocenters. The molecular weight excluding hydrogens is 217 g/mol. The second-order valence-corrected chi connectivity index (χ2v) is 4.43. The Balaban J connectivity index is 2.06. The van der Waals surface area contributed by atoms with Crippen LogP contribution in [-0.2, 0) is 6.54 Å². The number of anilines is 1. The van der Waals surface area contributed by atoms with Gasteiger partial charge in [0, 0.05) is 31.1 Å². The van der Waals surface area contributed by atoms with Crippen molar-refractivity contribution in [2.24, 2.45) is 0 Å². The van der Waals surface area contributed by atoms with Gasteiger partial charge in [-0.1, -0.05) is 12.1 Å².